The van der Waals surface area contributed by atoms with Crippen molar-refractivity contribution in [2.75, 3.05) is 25.7 Å². The second-order valence-corrected chi connectivity index (χ2v) is 4.09. The first-order chi connectivity index (χ1) is 7.52. The Labute approximate surface area is 98.7 Å². The molecule has 16 heavy (non-hydrogen) atoms. The van der Waals surface area contributed by atoms with E-state index in [9.17, 15) is 4.79 Å². The molecule has 0 fully saturated rings. The molecule has 0 saturated heterocycles. The van der Waals surface area contributed by atoms with Crippen LogP contribution in [0.3, 0.4) is 0 Å². The topological polar surface area (TPSA) is 63.1 Å². The Morgan fingerprint density at radius 3 is 2.75 bits per heavy atom. The van der Waals surface area contributed by atoms with Gasteiger partial charge in [-0.15, -0.1) is 5.10 Å². The molecule has 1 heterocycles. The zero-order valence-electron chi connectivity index (χ0n) is 9.76. The maximum atomic E-state index is 11.4. The quantitative estimate of drug-likeness (QED) is 0.616. The highest BCUT2D eigenvalue weighted by atomic mass is 32.2. The summed E-state index contributed by atoms with van der Waals surface area (Å²) in [6, 6.07) is 0. The van der Waals surface area contributed by atoms with Gasteiger partial charge in [0.25, 0.3) is 5.91 Å². The van der Waals surface area contributed by atoms with Gasteiger partial charge in [-0.25, -0.2) is 4.68 Å². The Morgan fingerprint density at radius 1 is 1.56 bits per heavy atom. The highest BCUT2D eigenvalue weighted by Gasteiger charge is 2.07. The van der Waals surface area contributed by atoms with Gasteiger partial charge in [0.2, 0.25) is 5.95 Å². The first-order valence-electron chi connectivity index (χ1n) is 4.63. The molecule has 1 rings (SSSR count). The van der Waals surface area contributed by atoms with E-state index in [1.54, 1.807) is 22.8 Å². The lowest BCUT2D eigenvalue weighted by Crippen LogP contribution is -2.11. The summed E-state index contributed by atoms with van der Waals surface area (Å²) in [6.45, 7) is 0. The van der Waals surface area contributed by atoms with E-state index in [0.29, 0.717) is 5.95 Å². The normalized spacial score (nSPS) is 10.8. The van der Waals surface area contributed by atoms with Gasteiger partial charge in [0.15, 0.2) is 5.16 Å². The van der Waals surface area contributed by atoms with Crippen molar-refractivity contribution in [3.05, 3.63) is 12.3 Å². The third-order valence-electron chi connectivity index (χ3n) is 1.66. The summed E-state index contributed by atoms with van der Waals surface area (Å²) in [5, 5.41) is 7.39. The highest BCUT2D eigenvalue weighted by molar-refractivity contribution is 7.98. The van der Waals surface area contributed by atoms with Crippen molar-refractivity contribution in [1.29, 1.82) is 0 Å². The lowest BCUT2D eigenvalue weighted by atomic mass is 10.5. The SMILES string of the molecule is CSc1nc(NC(=O)C=CN(C)C)nn1C. The fourth-order valence-corrected chi connectivity index (χ4v) is 1.45. The minimum absolute atomic E-state index is 0.244. The Bertz CT molecular complexity index is 399. The van der Waals surface area contributed by atoms with Crippen molar-refractivity contribution in [1.82, 2.24) is 19.7 Å². The monoisotopic (exact) mass is 241 g/mol. The first kappa shape index (κ1) is 12.6. The molecule has 88 valence electrons. The molecule has 0 saturated carbocycles. The third-order valence-corrected chi connectivity index (χ3v) is 2.39. The van der Waals surface area contributed by atoms with Crippen LogP contribution in [0.1, 0.15) is 0 Å². The molecule has 1 aromatic rings. The fourth-order valence-electron chi connectivity index (χ4n) is 0.970. The summed E-state index contributed by atoms with van der Waals surface area (Å²) < 4.78 is 1.62. The largest absolute Gasteiger partial charge is 0.383 e. The second-order valence-electron chi connectivity index (χ2n) is 3.31. The minimum atomic E-state index is -0.244. The summed E-state index contributed by atoms with van der Waals surface area (Å²) in [4.78, 5) is 17.3. The van der Waals surface area contributed by atoms with Gasteiger partial charge in [0.05, 0.1) is 0 Å². The Hall–Kier alpha value is -1.50. The van der Waals surface area contributed by atoms with E-state index in [2.05, 4.69) is 15.4 Å². The fraction of sp³-hybridized carbons (Fsp3) is 0.444. The van der Waals surface area contributed by atoms with Gasteiger partial charge in [0.1, 0.15) is 0 Å². The van der Waals surface area contributed by atoms with Crippen LogP contribution in [0.2, 0.25) is 0 Å². The number of carbonyl (C=O) groups is 1. The van der Waals surface area contributed by atoms with Crippen LogP contribution >= 0.6 is 11.8 Å². The molecule has 1 aromatic heterocycles. The van der Waals surface area contributed by atoms with Crippen LogP contribution in [0.4, 0.5) is 5.95 Å². The van der Waals surface area contributed by atoms with Crippen LogP contribution in [0.5, 0.6) is 0 Å². The molecule has 0 atom stereocenters. The molecule has 6 nitrogen and oxygen atoms in total. The summed E-state index contributed by atoms with van der Waals surface area (Å²) in [5.41, 5.74) is 0. The first-order valence-corrected chi connectivity index (χ1v) is 5.86. The molecular weight excluding hydrogens is 226 g/mol. The molecule has 0 aliphatic carbocycles. The number of hydrogen-bond donors (Lipinski definition) is 1. The number of carbonyl (C=O) groups excluding carboxylic acids is 1. The van der Waals surface area contributed by atoms with Gasteiger partial charge in [-0.2, -0.15) is 4.98 Å². The minimum Gasteiger partial charge on any atom is -0.383 e. The van der Waals surface area contributed by atoms with Crippen LogP contribution in [-0.4, -0.2) is 45.9 Å². The molecule has 0 aliphatic heterocycles. The maximum absolute atomic E-state index is 11.4. The van der Waals surface area contributed by atoms with Gasteiger partial charge in [-0.1, -0.05) is 11.8 Å². The zero-order valence-corrected chi connectivity index (χ0v) is 10.6. The van der Waals surface area contributed by atoms with Crippen LogP contribution in [0.15, 0.2) is 17.4 Å². The standard InChI is InChI=1S/C9H15N5OS/c1-13(2)6-5-7(15)10-8-11-9(16-4)14(3)12-8/h5-6H,1-4H3,(H,10,12,15). The Kier molecular flexibility index (Phi) is 4.36. The van der Waals surface area contributed by atoms with Gasteiger partial charge in [0, 0.05) is 33.4 Å². The lowest BCUT2D eigenvalue weighted by molar-refractivity contribution is -0.112. The summed E-state index contributed by atoms with van der Waals surface area (Å²) >= 11 is 1.47. The summed E-state index contributed by atoms with van der Waals surface area (Å²) in [6.07, 6.45) is 4.99. The number of aromatic nitrogens is 3. The van der Waals surface area contributed by atoms with Crippen LogP contribution in [0.25, 0.3) is 0 Å². The van der Waals surface area contributed by atoms with Crippen molar-refractivity contribution in [3.63, 3.8) is 0 Å². The average Bonchev–Trinajstić information content (AvgIpc) is 2.55. The van der Waals surface area contributed by atoms with E-state index in [-0.39, 0.29) is 5.91 Å². The lowest BCUT2D eigenvalue weighted by Gasteiger charge is -2.02. The third kappa shape index (κ3) is 3.58. The molecule has 0 bridgehead atoms. The van der Waals surface area contributed by atoms with Gasteiger partial charge >= 0.3 is 0 Å². The molecule has 1 N–H and O–H groups in total. The van der Waals surface area contributed by atoms with Gasteiger partial charge < -0.3 is 4.90 Å². The van der Waals surface area contributed by atoms with E-state index in [0.717, 1.165) is 5.16 Å². The van der Waals surface area contributed by atoms with E-state index in [4.69, 9.17) is 0 Å². The number of nitrogens with one attached hydrogen (secondary N) is 1. The number of aryl methyl sites for hydroxylation is 1. The van der Waals surface area contributed by atoms with Gasteiger partial charge in [-0.05, 0) is 6.26 Å². The number of thioether (sulfide) groups is 1. The molecule has 0 aliphatic rings. The van der Waals surface area contributed by atoms with Crippen LogP contribution in [-0.2, 0) is 11.8 Å². The predicted molar refractivity (Wildman–Crippen MR) is 64.2 cm³/mol. The van der Waals surface area contributed by atoms with E-state index in [1.165, 1.54) is 17.8 Å². The smallest absolute Gasteiger partial charge is 0.252 e. The van der Waals surface area contributed by atoms with E-state index < -0.39 is 0 Å². The number of rotatable bonds is 4. The van der Waals surface area contributed by atoms with Crippen molar-refractivity contribution < 1.29 is 4.79 Å². The highest BCUT2D eigenvalue weighted by Crippen LogP contribution is 2.12. The molecule has 1 amide bonds. The number of anilines is 1. The Morgan fingerprint density at radius 2 is 2.25 bits per heavy atom. The second kappa shape index (κ2) is 5.55. The predicted octanol–water partition coefficient (Wildman–Crippen LogP) is 0.551. The van der Waals surface area contributed by atoms with Crippen LogP contribution < -0.4 is 5.32 Å². The van der Waals surface area contributed by atoms with E-state index in [1.807, 2.05) is 20.4 Å². The van der Waals surface area contributed by atoms with Crippen LogP contribution in [0, 0.1) is 0 Å². The van der Waals surface area contributed by atoms with E-state index >= 15 is 0 Å². The molecule has 0 spiro atoms. The molecule has 0 radical (unpaired) electrons. The number of hydrogen-bond acceptors (Lipinski definition) is 5. The van der Waals surface area contributed by atoms with Crippen molar-refractivity contribution in [3.8, 4) is 0 Å². The zero-order chi connectivity index (χ0) is 12.1. The van der Waals surface area contributed by atoms with Crippen molar-refractivity contribution >= 4 is 23.6 Å². The summed E-state index contributed by atoms with van der Waals surface area (Å²) in [5.74, 6) is 0.0761. The number of amides is 1. The molecule has 0 unspecified atom stereocenters. The number of nitrogens with zero attached hydrogens (tertiary/aromatic N) is 4. The summed E-state index contributed by atoms with van der Waals surface area (Å²) in [7, 11) is 5.47. The van der Waals surface area contributed by atoms with Crippen molar-refractivity contribution in [2.24, 2.45) is 7.05 Å². The maximum Gasteiger partial charge on any atom is 0.252 e. The molecule has 0 aromatic carbocycles. The van der Waals surface area contributed by atoms with Crippen molar-refractivity contribution in [2.45, 2.75) is 5.16 Å². The average molecular weight is 241 g/mol. The molecular formula is C9H15N5OS. The Balaban J connectivity index is 2.63. The van der Waals surface area contributed by atoms with Gasteiger partial charge in [-0.3, -0.25) is 10.1 Å². The molecule has 7 heteroatoms.